The number of nitrogen functional groups attached to an aromatic ring is 1. The quantitative estimate of drug-likeness (QED) is 0.808. The highest BCUT2D eigenvalue weighted by molar-refractivity contribution is 5.91. The number of carbonyl (C=O) groups excluding carboxylic acids is 1. The SMILES string of the molecule is COCCc1ccccc1NC(=O)Cn1cnc(N)n1. The molecule has 0 atom stereocenters. The second-order valence-electron chi connectivity index (χ2n) is 4.25. The summed E-state index contributed by atoms with van der Waals surface area (Å²) in [4.78, 5) is 15.7. The van der Waals surface area contributed by atoms with E-state index in [-0.39, 0.29) is 18.4 Å². The molecule has 0 aliphatic rings. The van der Waals surface area contributed by atoms with Gasteiger partial charge < -0.3 is 15.8 Å². The van der Waals surface area contributed by atoms with E-state index < -0.39 is 0 Å². The Hall–Kier alpha value is -2.41. The number of aromatic nitrogens is 3. The first kappa shape index (κ1) is 14.0. The minimum Gasteiger partial charge on any atom is -0.384 e. The zero-order valence-electron chi connectivity index (χ0n) is 11.2. The van der Waals surface area contributed by atoms with Gasteiger partial charge >= 0.3 is 0 Å². The van der Waals surface area contributed by atoms with Crippen molar-refractivity contribution in [3.05, 3.63) is 36.2 Å². The highest BCUT2D eigenvalue weighted by Crippen LogP contribution is 2.15. The molecule has 3 N–H and O–H groups in total. The first-order valence-corrected chi connectivity index (χ1v) is 6.20. The summed E-state index contributed by atoms with van der Waals surface area (Å²) in [5.41, 5.74) is 7.21. The Morgan fingerprint density at radius 3 is 2.95 bits per heavy atom. The van der Waals surface area contributed by atoms with Crippen LogP contribution in [0.25, 0.3) is 0 Å². The molecule has 1 aromatic heterocycles. The Bertz CT molecular complexity index is 582. The van der Waals surface area contributed by atoms with Gasteiger partial charge in [-0.05, 0) is 18.1 Å². The van der Waals surface area contributed by atoms with Crippen LogP contribution in [0.1, 0.15) is 5.56 Å². The molecule has 20 heavy (non-hydrogen) atoms. The molecule has 2 rings (SSSR count). The van der Waals surface area contributed by atoms with E-state index in [1.165, 1.54) is 11.0 Å². The summed E-state index contributed by atoms with van der Waals surface area (Å²) in [7, 11) is 1.65. The Morgan fingerprint density at radius 1 is 1.45 bits per heavy atom. The van der Waals surface area contributed by atoms with Crippen LogP contribution in [0, 0.1) is 0 Å². The lowest BCUT2D eigenvalue weighted by molar-refractivity contribution is -0.116. The molecule has 0 spiro atoms. The van der Waals surface area contributed by atoms with Crippen LogP contribution in [0.5, 0.6) is 0 Å². The molecular formula is C13H17N5O2. The number of hydrogen-bond donors (Lipinski definition) is 2. The van der Waals surface area contributed by atoms with E-state index in [0.29, 0.717) is 6.61 Å². The molecule has 0 aliphatic heterocycles. The zero-order chi connectivity index (χ0) is 14.4. The monoisotopic (exact) mass is 275 g/mol. The third kappa shape index (κ3) is 3.79. The van der Waals surface area contributed by atoms with Crippen molar-refractivity contribution >= 4 is 17.5 Å². The number of carbonyl (C=O) groups is 1. The van der Waals surface area contributed by atoms with E-state index >= 15 is 0 Å². The zero-order valence-corrected chi connectivity index (χ0v) is 11.2. The van der Waals surface area contributed by atoms with Crippen molar-refractivity contribution in [1.29, 1.82) is 0 Å². The Labute approximate surface area is 116 Å². The standard InChI is InChI=1S/C13H17N5O2/c1-20-7-6-10-4-2-3-5-11(10)16-12(19)8-18-9-15-13(14)17-18/h2-5,9H,6-8H2,1H3,(H2,14,17)(H,16,19). The fourth-order valence-electron chi connectivity index (χ4n) is 1.79. The lowest BCUT2D eigenvalue weighted by atomic mass is 10.1. The predicted molar refractivity (Wildman–Crippen MR) is 75.1 cm³/mol. The summed E-state index contributed by atoms with van der Waals surface area (Å²) in [5.74, 6) is -0.0296. The Morgan fingerprint density at radius 2 is 2.25 bits per heavy atom. The average molecular weight is 275 g/mol. The predicted octanol–water partition coefficient (Wildman–Crippen LogP) is 0.688. The first-order valence-electron chi connectivity index (χ1n) is 6.20. The molecule has 0 radical (unpaired) electrons. The number of para-hydroxylation sites is 1. The molecule has 0 saturated heterocycles. The number of rotatable bonds is 6. The third-order valence-electron chi connectivity index (χ3n) is 2.73. The molecule has 2 aromatic rings. The molecule has 106 valence electrons. The van der Waals surface area contributed by atoms with E-state index in [4.69, 9.17) is 10.5 Å². The van der Waals surface area contributed by atoms with Gasteiger partial charge in [-0.2, -0.15) is 0 Å². The van der Waals surface area contributed by atoms with Gasteiger partial charge in [-0.3, -0.25) is 4.79 Å². The van der Waals surface area contributed by atoms with Gasteiger partial charge in [0.25, 0.3) is 0 Å². The van der Waals surface area contributed by atoms with E-state index in [1.807, 2.05) is 24.3 Å². The highest BCUT2D eigenvalue weighted by Gasteiger charge is 2.08. The number of ether oxygens (including phenoxy) is 1. The number of anilines is 2. The van der Waals surface area contributed by atoms with E-state index in [1.54, 1.807) is 7.11 Å². The van der Waals surface area contributed by atoms with Crippen molar-refractivity contribution < 1.29 is 9.53 Å². The van der Waals surface area contributed by atoms with E-state index in [2.05, 4.69) is 15.4 Å². The number of benzene rings is 1. The van der Waals surface area contributed by atoms with Crippen molar-refractivity contribution in [1.82, 2.24) is 14.8 Å². The molecule has 1 amide bonds. The van der Waals surface area contributed by atoms with Crippen molar-refractivity contribution in [3.8, 4) is 0 Å². The number of nitrogens with zero attached hydrogens (tertiary/aromatic N) is 3. The number of hydrogen-bond acceptors (Lipinski definition) is 5. The molecule has 1 heterocycles. The fraction of sp³-hybridized carbons (Fsp3) is 0.308. The van der Waals surface area contributed by atoms with Gasteiger partial charge in [0.05, 0.1) is 6.61 Å². The molecule has 0 bridgehead atoms. The second-order valence-corrected chi connectivity index (χ2v) is 4.25. The molecule has 7 heteroatoms. The van der Waals surface area contributed by atoms with Crippen LogP contribution >= 0.6 is 0 Å². The van der Waals surface area contributed by atoms with E-state index in [9.17, 15) is 4.79 Å². The third-order valence-corrected chi connectivity index (χ3v) is 2.73. The van der Waals surface area contributed by atoms with Crippen molar-refractivity contribution in [2.75, 3.05) is 24.8 Å². The number of nitrogens with two attached hydrogens (primary N) is 1. The molecule has 0 aliphatic carbocycles. The highest BCUT2D eigenvalue weighted by atomic mass is 16.5. The Balaban J connectivity index is 2.00. The van der Waals surface area contributed by atoms with Crippen LogP contribution in [0.2, 0.25) is 0 Å². The molecule has 0 saturated carbocycles. The summed E-state index contributed by atoms with van der Waals surface area (Å²) < 4.78 is 6.45. The van der Waals surface area contributed by atoms with Crippen LogP contribution in [0.15, 0.2) is 30.6 Å². The van der Waals surface area contributed by atoms with Crippen LogP contribution in [-0.2, 0) is 22.5 Å². The lowest BCUT2D eigenvalue weighted by Gasteiger charge is -2.10. The normalized spacial score (nSPS) is 10.4. The van der Waals surface area contributed by atoms with Crippen LogP contribution in [-0.4, -0.2) is 34.4 Å². The summed E-state index contributed by atoms with van der Waals surface area (Å²) >= 11 is 0. The maximum atomic E-state index is 11.9. The fourth-order valence-corrected chi connectivity index (χ4v) is 1.79. The minimum atomic E-state index is -0.181. The maximum absolute atomic E-state index is 11.9. The number of amides is 1. The summed E-state index contributed by atoms with van der Waals surface area (Å²) in [6, 6.07) is 7.62. The lowest BCUT2D eigenvalue weighted by Crippen LogP contribution is -2.20. The van der Waals surface area contributed by atoms with Crippen LogP contribution < -0.4 is 11.1 Å². The summed E-state index contributed by atoms with van der Waals surface area (Å²) in [5, 5.41) is 6.72. The van der Waals surface area contributed by atoms with E-state index in [0.717, 1.165) is 17.7 Å². The van der Waals surface area contributed by atoms with Gasteiger partial charge in [0, 0.05) is 12.8 Å². The van der Waals surface area contributed by atoms with Gasteiger partial charge in [-0.15, -0.1) is 5.10 Å². The molecule has 0 unspecified atom stereocenters. The minimum absolute atomic E-state index is 0.0722. The van der Waals surface area contributed by atoms with Gasteiger partial charge in [0.2, 0.25) is 11.9 Å². The molecular weight excluding hydrogens is 258 g/mol. The second kappa shape index (κ2) is 6.67. The van der Waals surface area contributed by atoms with Crippen LogP contribution in [0.4, 0.5) is 11.6 Å². The Kier molecular flexibility index (Phi) is 4.67. The van der Waals surface area contributed by atoms with Crippen molar-refractivity contribution in [2.24, 2.45) is 0 Å². The van der Waals surface area contributed by atoms with Gasteiger partial charge in [-0.25, -0.2) is 9.67 Å². The first-order chi connectivity index (χ1) is 9.69. The smallest absolute Gasteiger partial charge is 0.246 e. The number of methoxy groups -OCH3 is 1. The van der Waals surface area contributed by atoms with Crippen molar-refractivity contribution in [2.45, 2.75) is 13.0 Å². The van der Waals surface area contributed by atoms with Crippen molar-refractivity contribution in [3.63, 3.8) is 0 Å². The maximum Gasteiger partial charge on any atom is 0.246 e. The molecule has 7 nitrogen and oxygen atoms in total. The van der Waals surface area contributed by atoms with Crippen LogP contribution in [0.3, 0.4) is 0 Å². The summed E-state index contributed by atoms with van der Waals surface area (Å²) in [6.45, 7) is 0.676. The largest absolute Gasteiger partial charge is 0.384 e. The number of nitrogens with one attached hydrogen (secondary N) is 1. The van der Waals surface area contributed by atoms with Gasteiger partial charge in [0.15, 0.2) is 0 Å². The summed E-state index contributed by atoms with van der Waals surface area (Å²) in [6.07, 6.45) is 2.16. The van der Waals surface area contributed by atoms with Gasteiger partial charge in [-0.1, -0.05) is 18.2 Å². The van der Waals surface area contributed by atoms with Gasteiger partial charge in [0.1, 0.15) is 12.9 Å². The molecule has 0 fully saturated rings. The topological polar surface area (TPSA) is 95.1 Å². The molecule has 1 aromatic carbocycles. The average Bonchev–Trinajstić information content (AvgIpc) is 2.83.